The van der Waals surface area contributed by atoms with E-state index in [1.165, 1.54) is 21.4 Å². The minimum Gasteiger partial charge on any atom is -0.333 e. The quantitative estimate of drug-likeness (QED) is 0.331. The Morgan fingerprint density at radius 2 is 2.06 bits per heavy atom. The van der Waals surface area contributed by atoms with Crippen molar-refractivity contribution >= 4 is 35.7 Å². The second kappa shape index (κ2) is 9.17. The first-order chi connectivity index (χ1) is 15.3. The maximum Gasteiger partial charge on any atom is 0.246 e. The van der Waals surface area contributed by atoms with E-state index in [-0.39, 0.29) is 11.8 Å². The van der Waals surface area contributed by atoms with Crippen molar-refractivity contribution in [3.05, 3.63) is 75.8 Å². The maximum absolute atomic E-state index is 15.1. The molecule has 2 aromatic heterocycles. The number of amides is 1. The van der Waals surface area contributed by atoms with Crippen LogP contribution in [-0.2, 0) is 29.5 Å². The van der Waals surface area contributed by atoms with E-state index < -0.39 is 5.15 Å². The summed E-state index contributed by atoms with van der Waals surface area (Å²) >= 11 is 1.77. The van der Waals surface area contributed by atoms with Crippen LogP contribution in [0.15, 0.2) is 49.2 Å². The SMILES string of the molecule is C=CC(=O)N1Cc2sc(CC)cc2[C@@H](c2ccccc2-c2cn(CC)nc2C(F)(P)P)C1. The zero-order chi connectivity index (χ0) is 23.0. The average molecular weight is 488 g/mol. The predicted molar refractivity (Wildman–Crippen MR) is 137 cm³/mol. The van der Waals surface area contributed by atoms with Crippen LogP contribution in [0.5, 0.6) is 0 Å². The summed E-state index contributed by atoms with van der Waals surface area (Å²) in [5.74, 6) is -0.0713. The van der Waals surface area contributed by atoms with Gasteiger partial charge in [0.05, 0.1) is 6.54 Å². The summed E-state index contributed by atoms with van der Waals surface area (Å²) in [6.45, 7) is 9.64. The van der Waals surface area contributed by atoms with Crippen molar-refractivity contribution in [2.24, 2.45) is 0 Å². The van der Waals surface area contributed by atoms with Crippen molar-refractivity contribution in [2.45, 2.75) is 44.4 Å². The number of aryl methyl sites for hydroxylation is 2. The highest BCUT2D eigenvalue weighted by molar-refractivity contribution is 7.38. The Bertz CT molecular complexity index is 1160. The smallest absolute Gasteiger partial charge is 0.246 e. The summed E-state index contributed by atoms with van der Waals surface area (Å²) in [6, 6.07) is 10.4. The largest absolute Gasteiger partial charge is 0.333 e. The Kier molecular flexibility index (Phi) is 6.68. The molecule has 168 valence electrons. The number of thiophene rings is 1. The van der Waals surface area contributed by atoms with Crippen LogP contribution in [0.25, 0.3) is 11.1 Å². The molecule has 1 amide bonds. The number of benzene rings is 1. The van der Waals surface area contributed by atoms with E-state index in [0.29, 0.717) is 25.3 Å². The first-order valence-electron chi connectivity index (χ1n) is 10.7. The number of hydrogen-bond donors (Lipinski definition) is 0. The fourth-order valence-corrected chi connectivity index (χ4v) is 5.94. The van der Waals surface area contributed by atoms with Gasteiger partial charge in [0, 0.05) is 40.5 Å². The van der Waals surface area contributed by atoms with Crippen LogP contribution in [0, 0.1) is 0 Å². The molecule has 1 aromatic carbocycles. The van der Waals surface area contributed by atoms with Gasteiger partial charge in [-0.3, -0.25) is 9.48 Å². The number of rotatable bonds is 6. The van der Waals surface area contributed by atoms with Crippen LogP contribution < -0.4 is 0 Å². The summed E-state index contributed by atoms with van der Waals surface area (Å²) in [6.07, 6.45) is 4.25. The van der Waals surface area contributed by atoms with E-state index >= 15 is 4.39 Å². The Balaban J connectivity index is 1.89. The van der Waals surface area contributed by atoms with Crippen molar-refractivity contribution in [2.75, 3.05) is 6.54 Å². The van der Waals surface area contributed by atoms with E-state index in [1.54, 1.807) is 16.0 Å². The number of carbonyl (C=O) groups is 1. The van der Waals surface area contributed by atoms with Gasteiger partial charge in [0.15, 0.2) is 5.15 Å². The molecule has 0 saturated carbocycles. The summed E-state index contributed by atoms with van der Waals surface area (Å²) in [4.78, 5) is 16.9. The number of halogens is 1. The van der Waals surface area contributed by atoms with Crippen LogP contribution in [0.4, 0.5) is 4.39 Å². The van der Waals surface area contributed by atoms with Gasteiger partial charge in [0.2, 0.25) is 5.91 Å². The molecule has 1 aliphatic heterocycles. The van der Waals surface area contributed by atoms with Gasteiger partial charge >= 0.3 is 0 Å². The molecular weight excluding hydrogens is 459 g/mol. The third-order valence-electron chi connectivity index (χ3n) is 5.92. The number of nitrogens with zero attached hydrogens (tertiary/aromatic N) is 3. The van der Waals surface area contributed by atoms with Crippen molar-refractivity contribution in [3.63, 3.8) is 0 Å². The standard InChI is InChI=1S/C24H28FN3OP2S/c1-4-15-11-18-19(12-27(22(29)5-2)14-21(18)32-15)16-9-7-8-10-17(16)20-13-28(6-3)26-23(20)24(25,30)31/h5,7-11,13,19H,2,4,6,12,14,30-31H2,1,3H3/t19-/m1/s1. The molecule has 0 fully saturated rings. The molecule has 3 aromatic rings. The van der Waals surface area contributed by atoms with Crippen LogP contribution >= 0.6 is 29.8 Å². The van der Waals surface area contributed by atoms with E-state index in [1.807, 2.05) is 36.2 Å². The lowest BCUT2D eigenvalue weighted by atomic mass is 9.83. The number of aromatic nitrogens is 2. The first kappa shape index (κ1) is 23.3. The molecule has 0 bridgehead atoms. The normalized spacial score (nSPS) is 16.2. The highest BCUT2D eigenvalue weighted by Gasteiger charge is 2.34. The third kappa shape index (κ3) is 4.33. The molecular formula is C24H28FN3OP2S. The molecule has 32 heavy (non-hydrogen) atoms. The number of hydrogen-bond acceptors (Lipinski definition) is 3. The summed E-state index contributed by atoms with van der Waals surface area (Å²) < 4.78 is 16.8. The fourth-order valence-electron chi connectivity index (χ4n) is 4.32. The first-order valence-corrected chi connectivity index (χ1v) is 12.7. The maximum atomic E-state index is 15.1. The van der Waals surface area contributed by atoms with Gasteiger partial charge in [0.1, 0.15) is 5.69 Å². The van der Waals surface area contributed by atoms with Crippen molar-refractivity contribution < 1.29 is 9.18 Å². The van der Waals surface area contributed by atoms with Crippen molar-refractivity contribution in [1.82, 2.24) is 14.7 Å². The fraction of sp³-hybridized carbons (Fsp3) is 0.333. The Hall–Kier alpha value is -1.87. The molecule has 0 radical (unpaired) electrons. The second-order valence-electron chi connectivity index (χ2n) is 8.02. The Morgan fingerprint density at radius 1 is 1.31 bits per heavy atom. The van der Waals surface area contributed by atoms with Gasteiger partial charge in [-0.2, -0.15) is 5.10 Å². The molecule has 2 unspecified atom stereocenters. The zero-order valence-electron chi connectivity index (χ0n) is 18.3. The van der Waals surface area contributed by atoms with Crippen LogP contribution in [0.1, 0.15) is 46.3 Å². The summed E-state index contributed by atoms with van der Waals surface area (Å²) in [7, 11) is 4.47. The number of alkyl halides is 1. The number of carbonyl (C=O) groups excluding carboxylic acids is 1. The van der Waals surface area contributed by atoms with E-state index in [2.05, 4.69) is 49.2 Å². The third-order valence-corrected chi connectivity index (χ3v) is 7.74. The van der Waals surface area contributed by atoms with E-state index in [0.717, 1.165) is 23.1 Å². The van der Waals surface area contributed by atoms with E-state index in [9.17, 15) is 4.79 Å². The minimum atomic E-state index is -1.73. The van der Waals surface area contributed by atoms with Gasteiger partial charge in [0.25, 0.3) is 0 Å². The van der Waals surface area contributed by atoms with Gasteiger partial charge in [-0.25, -0.2) is 4.39 Å². The molecule has 4 rings (SSSR count). The molecule has 1 aliphatic rings. The van der Waals surface area contributed by atoms with Crippen LogP contribution in [0.3, 0.4) is 0 Å². The lowest BCUT2D eigenvalue weighted by molar-refractivity contribution is -0.127. The molecule has 4 nitrogen and oxygen atoms in total. The molecule has 0 N–H and O–H groups in total. The zero-order valence-corrected chi connectivity index (χ0v) is 21.5. The predicted octanol–water partition coefficient (Wildman–Crippen LogP) is 5.68. The van der Waals surface area contributed by atoms with Crippen LogP contribution in [0.2, 0.25) is 0 Å². The van der Waals surface area contributed by atoms with Gasteiger partial charge in [-0.1, -0.05) is 56.2 Å². The molecule has 0 saturated heterocycles. The van der Waals surface area contributed by atoms with Gasteiger partial charge in [-0.15, -0.1) is 11.3 Å². The monoisotopic (exact) mass is 487 g/mol. The van der Waals surface area contributed by atoms with Gasteiger partial charge < -0.3 is 4.90 Å². The Morgan fingerprint density at radius 3 is 2.72 bits per heavy atom. The van der Waals surface area contributed by atoms with Crippen molar-refractivity contribution in [1.29, 1.82) is 0 Å². The average Bonchev–Trinajstić information content (AvgIpc) is 3.41. The van der Waals surface area contributed by atoms with Crippen LogP contribution in [-0.4, -0.2) is 27.1 Å². The topological polar surface area (TPSA) is 38.1 Å². The highest BCUT2D eigenvalue weighted by Crippen LogP contribution is 2.47. The highest BCUT2D eigenvalue weighted by atomic mass is 32.1. The molecule has 8 heteroatoms. The lowest BCUT2D eigenvalue weighted by Gasteiger charge is -2.33. The summed E-state index contributed by atoms with van der Waals surface area (Å²) in [5.41, 5.74) is 4.43. The molecule has 3 atom stereocenters. The second-order valence-corrected chi connectivity index (χ2v) is 11.6. The van der Waals surface area contributed by atoms with Crippen molar-refractivity contribution in [3.8, 4) is 11.1 Å². The molecule has 0 aliphatic carbocycles. The Labute approximate surface area is 197 Å². The molecule has 3 heterocycles. The minimum absolute atomic E-state index is 0.00347. The van der Waals surface area contributed by atoms with E-state index in [4.69, 9.17) is 0 Å². The summed E-state index contributed by atoms with van der Waals surface area (Å²) in [5, 5.41) is 2.77. The lowest BCUT2D eigenvalue weighted by Crippen LogP contribution is -2.37. The molecule has 0 spiro atoms. The van der Waals surface area contributed by atoms with Gasteiger partial charge in [-0.05, 0) is 42.2 Å². The number of fused-ring (bicyclic) bond motifs is 1.